The smallest absolute Gasteiger partial charge is 0.142 e. The van der Waals surface area contributed by atoms with Crippen molar-refractivity contribution in [2.75, 3.05) is 11.9 Å². The maximum absolute atomic E-state index is 6.08. The van der Waals surface area contributed by atoms with E-state index in [9.17, 15) is 0 Å². The van der Waals surface area contributed by atoms with Gasteiger partial charge in [-0.3, -0.25) is 0 Å². The first-order chi connectivity index (χ1) is 10.2. The Morgan fingerprint density at radius 1 is 1.00 bits per heavy atom. The second-order valence-electron chi connectivity index (χ2n) is 5.01. The van der Waals surface area contributed by atoms with Crippen molar-refractivity contribution in [1.29, 1.82) is 0 Å². The molecule has 0 aliphatic rings. The molecule has 2 nitrogen and oxygen atoms in total. The third-order valence-corrected chi connectivity index (χ3v) is 3.55. The number of nitrogens with one attached hydrogen (secondary N) is 1. The number of halogens is 1. The van der Waals surface area contributed by atoms with Crippen LogP contribution >= 0.6 is 11.6 Å². The van der Waals surface area contributed by atoms with Gasteiger partial charge in [0.05, 0.1) is 12.3 Å². The summed E-state index contributed by atoms with van der Waals surface area (Å²) in [6, 6.07) is 14.3. The number of aryl methyl sites for hydroxylation is 1. The first-order valence-corrected chi connectivity index (χ1v) is 7.84. The highest BCUT2D eigenvalue weighted by Crippen LogP contribution is 2.28. The molecule has 0 spiro atoms. The Balaban J connectivity index is 2.05. The van der Waals surface area contributed by atoms with Crippen molar-refractivity contribution in [3.05, 3.63) is 58.6 Å². The Kier molecular flexibility index (Phi) is 5.94. The minimum absolute atomic E-state index is 0.710. The summed E-state index contributed by atoms with van der Waals surface area (Å²) in [6.07, 6.45) is 2.05. The van der Waals surface area contributed by atoms with E-state index in [-0.39, 0.29) is 0 Å². The molecule has 2 aromatic rings. The highest BCUT2D eigenvalue weighted by atomic mass is 35.5. The lowest BCUT2D eigenvalue weighted by molar-refractivity contribution is 0.319. The van der Waals surface area contributed by atoms with Gasteiger partial charge in [-0.25, -0.2) is 0 Å². The lowest BCUT2D eigenvalue weighted by Crippen LogP contribution is -2.03. The second-order valence-corrected chi connectivity index (χ2v) is 5.45. The third kappa shape index (κ3) is 4.68. The molecule has 2 aromatic carbocycles. The zero-order valence-corrected chi connectivity index (χ0v) is 13.4. The summed E-state index contributed by atoms with van der Waals surface area (Å²) in [4.78, 5) is 0. The minimum atomic E-state index is 0.710. The zero-order valence-electron chi connectivity index (χ0n) is 12.7. The molecule has 0 unspecified atom stereocenters. The summed E-state index contributed by atoms with van der Waals surface area (Å²) in [5.74, 6) is 0.853. The van der Waals surface area contributed by atoms with Crippen LogP contribution in [0.25, 0.3) is 0 Å². The first-order valence-electron chi connectivity index (χ1n) is 7.47. The molecular weight excluding hydrogens is 282 g/mol. The van der Waals surface area contributed by atoms with Gasteiger partial charge >= 0.3 is 0 Å². The summed E-state index contributed by atoms with van der Waals surface area (Å²) in [7, 11) is 0. The van der Waals surface area contributed by atoms with Crippen LogP contribution in [0.2, 0.25) is 5.02 Å². The van der Waals surface area contributed by atoms with Crippen molar-refractivity contribution in [3.8, 4) is 5.75 Å². The lowest BCUT2D eigenvalue weighted by Gasteiger charge is -2.13. The Bertz CT molecular complexity index is 566. The zero-order chi connectivity index (χ0) is 15.1. The standard InChI is InChI=1S/C18H22ClNO/c1-3-11-21-18-10-9-16(19)12-17(18)20-13-15-7-5-14(4-2)6-8-15/h5-10,12,20H,3-4,11,13H2,1-2H3. The average molecular weight is 304 g/mol. The van der Waals surface area contributed by atoms with Gasteiger partial charge in [0.15, 0.2) is 0 Å². The fourth-order valence-electron chi connectivity index (χ4n) is 2.07. The lowest BCUT2D eigenvalue weighted by atomic mass is 10.1. The fraction of sp³-hybridized carbons (Fsp3) is 0.333. The van der Waals surface area contributed by atoms with Gasteiger partial charge in [0.1, 0.15) is 5.75 Å². The number of hydrogen-bond acceptors (Lipinski definition) is 2. The van der Waals surface area contributed by atoms with Crippen LogP contribution < -0.4 is 10.1 Å². The van der Waals surface area contributed by atoms with Gasteiger partial charge in [-0.05, 0) is 42.2 Å². The van der Waals surface area contributed by atoms with Gasteiger partial charge < -0.3 is 10.1 Å². The Morgan fingerprint density at radius 3 is 2.38 bits per heavy atom. The molecule has 0 atom stereocenters. The molecule has 2 rings (SSSR count). The van der Waals surface area contributed by atoms with Crippen LogP contribution in [-0.4, -0.2) is 6.61 Å². The SMILES string of the molecule is CCCOc1ccc(Cl)cc1NCc1ccc(CC)cc1. The van der Waals surface area contributed by atoms with Crippen LogP contribution in [0, 0.1) is 0 Å². The average Bonchev–Trinajstić information content (AvgIpc) is 2.52. The van der Waals surface area contributed by atoms with E-state index in [1.54, 1.807) is 0 Å². The third-order valence-electron chi connectivity index (χ3n) is 3.32. The van der Waals surface area contributed by atoms with Crippen LogP contribution in [0.15, 0.2) is 42.5 Å². The Hall–Kier alpha value is -1.67. The molecule has 0 aromatic heterocycles. The van der Waals surface area contributed by atoms with E-state index in [4.69, 9.17) is 16.3 Å². The van der Waals surface area contributed by atoms with Crippen molar-refractivity contribution < 1.29 is 4.74 Å². The molecule has 112 valence electrons. The van der Waals surface area contributed by atoms with E-state index in [0.29, 0.717) is 11.6 Å². The summed E-state index contributed by atoms with van der Waals surface area (Å²) in [6.45, 7) is 5.73. The van der Waals surface area contributed by atoms with Crippen molar-refractivity contribution in [3.63, 3.8) is 0 Å². The molecular formula is C18H22ClNO. The topological polar surface area (TPSA) is 21.3 Å². The maximum atomic E-state index is 6.08. The first kappa shape index (κ1) is 15.7. The van der Waals surface area contributed by atoms with E-state index >= 15 is 0 Å². The minimum Gasteiger partial charge on any atom is -0.491 e. The number of rotatable bonds is 7. The number of ether oxygens (including phenoxy) is 1. The Morgan fingerprint density at radius 2 is 1.71 bits per heavy atom. The van der Waals surface area contributed by atoms with E-state index in [1.165, 1.54) is 11.1 Å². The summed E-state index contributed by atoms with van der Waals surface area (Å²) < 4.78 is 5.75. The van der Waals surface area contributed by atoms with E-state index in [1.807, 2.05) is 18.2 Å². The molecule has 0 fully saturated rings. The van der Waals surface area contributed by atoms with Crippen molar-refractivity contribution in [1.82, 2.24) is 0 Å². The van der Waals surface area contributed by atoms with E-state index in [0.717, 1.165) is 30.8 Å². The highest BCUT2D eigenvalue weighted by molar-refractivity contribution is 6.30. The molecule has 21 heavy (non-hydrogen) atoms. The summed E-state index contributed by atoms with van der Waals surface area (Å²) >= 11 is 6.08. The largest absolute Gasteiger partial charge is 0.491 e. The second kappa shape index (κ2) is 7.94. The monoisotopic (exact) mass is 303 g/mol. The number of benzene rings is 2. The van der Waals surface area contributed by atoms with Gasteiger partial charge in [-0.2, -0.15) is 0 Å². The van der Waals surface area contributed by atoms with Crippen molar-refractivity contribution >= 4 is 17.3 Å². The molecule has 0 radical (unpaired) electrons. The number of hydrogen-bond donors (Lipinski definition) is 1. The molecule has 0 aliphatic heterocycles. The van der Waals surface area contributed by atoms with Gasteiger partial charge in [0.2, 0.25) is 0 Å². The quantitative estimate of drug-likeness (QED) is 0.749. The molecule has 0 heterocycles. The predicted molar refractivity (Wildman–Crippen MR) is 90.4 cm³/mol. The summed E-state index contributed by atoms with van der Waals surface area (Å²) in [5, 5.41) is 4.12. The summed E-state index contributed by atoms with van der Waals surface area (Å²) in [5.41, 5.74) is 3.54. The van der Waals surface area contributed by atoms with Crippen LogP contribution in [0.3, 0.4) is 0 Å². The van der Waals surface area contributed by atoms with Gasteiger partial charge in [-0.1, -0.05) is 49.7 Å². The molecule has 3 heteroatoms. The molecule has 0 saturated carbocycles. The van der Waals surface area contributed by atoms with Gasteiger partial charge in [0, 0.05) is 11.6 Å². The van der Waals surface area contributed by atoms with Crippen molar-refractivity contribution in [2.24, 2.45) is 0 Å². The van der Waals surface area contributed by atoms with Crippen LogP contribution in [0.4, 0.5) is 5.69 Å². The molecule has 0 bridgehead atoms. The van der Waals surface area contributed by atoms with Crippen LogP contribution in [0.1, 0.15) is 31.4 Å². The molecule has 0 amide bonds. The van der Waals surface area contributed by atoms with Gasteiger partial charge in [0.25, 0.3) is 0 Å². The maximum Gasteiger partial charge on any atom is 0.142 e. The molecule has 0 saturated heterocycles. The van der Waals surface area contributed by atoms with E-state index < -0.39 is 0 Å². The van der Waals surface area contributed by atoms with Crippen molar-refractivity contribution in [2.45, 2.75) is 33.2 Å². The molecule has 0 aliphatic carbocycles. The van der Waals surface area contributed by atoms with Gasteiger partial charge in [-0.15, -0.1) is 0 Å². The van der Waals surface area contributed by atoms with Crippen LogP contribution in [-0.2, 0) is 13.0 Å². The fourth-order valence-corrected chi connectivity index (χ4v) is 2.24. The number of anilines is 1. The highest BCUT2D eigenvalue weighted by Gasteiger charge is 2.04. The van der Waals surface area contributed by atoms with E-state index in [2.05, 4.69) is 43.4 Å². The normalized spacial score (nSPS) is 10.4. The predicted octanol–water partition coefficient (Wildman–Crippen LogP) is 5.30. The Labute approximate surface area is 132 Å². The van der Waals surface area contributed by atoms with Crippen LogP contribution in [0.5, 0.6) is 5.75 Å². The molecule has 1 N–H and O–H groups in total.